The fraction of sp³-hybridized carbons (Fsp3) is 0.240. The summed E-state index contributed by atoms with van der Waals surface area (Å²) in [5.41, 5.74) is 1.40. The Kier molecular flexibility index (Phi) is 10.5. The minimum absolute atomic E-state index is 0.00953. The van der Waals surface area contributed by atoms with Crippen LogP contribution in [0.3, 0.4) is 0 Å². The number of benzene rings is 2. The zero-order valence-corrected chi connectivity index (χ0v) is 18.8. The van der Waals surface area contributed by atoms with Gasteiger partial charge in [-0.2, -0.15) is 0 Å². The van der Waals surface area contributed by atoms with E-state index in [1.165, 1.54) is 32.4 Å². The summed E-state index contributed by atoms with van der Waals surface area (Å²) in [7, 11) is 4.55. The first-order valence-corrected chi connectivity index (χ1v) is 10.0. The molecule has 0 aliphatic carbocycles. The number of ether oxygens (including phenoxy) is 5. The Morgan fingerprint density at radius 1 is 0.879 bits per heavy atom. The molecule has 0 aromatic heterocycles. The zero-order valence-electron chi connectivity index (χ0n) is 18.8. The van der Waals surface area contributed by atoms with Crippen LogP contribution in [-0.2, 0) is 14.3 Å². The van der Waals surface area contributed by atoms with Gasteiger partial charge in [-0.05, 0) is 47.5 Å². The molecule has 8 heteroatoms. The van der Waals surface area contributed by atoms with Crippen LogP contribution in [0.1, 0.15) is 11.1 Å². The zero-order chi connectivity index (χ0) is 24.1. The summed E-state index contributed by atoms with van der Waals surface area (Å²) in [6.45, 7) is 0.957. The molecule has 0 saturated carbocycles. The molecule has 176 valence electrons. The third-order valence-corrected chi connectivity index (χ3v) is 4.30. The molecule has 2 rings (SSSR count). The van der Waals surface area contributed by atoms with E-state index in [4.69, 9.17) is 23.7 Å². The van der Waals surface area contributed by atoms with Crippen LogP contribution in [0.5, 0.6) is 23.0 Å². The fourth-order valence-electron chi connectivity index (χ4n) is 2.61. The van der Waals surface area contributed by atoms with E-state index in [-0.39, 0.29) is 18.3 Å². The van der Waals surface area contributed by atoms with Gasteiger partial charge in [0.15, 0.2) is 35.6 Å². The average molecular weight is 456 g/mol. The number of aliphatic hydroxyl groups is 1. The van der Waals surface area contributed by atoms with Crippen molar-refractivity contribution in [2.24, 2.45) is 0 Å². The predicted molar refractivity (Wildman–Crippen MR) is 125 cm³/mol. The summed E-state index contributed by atoms with van der Waals surface area (Å²) in [5, 5.41) is 19.7. The van der Waals surface area contributed by atoms with Crippen LogP contribution >= 0.6 is 0 Å². The lowest BCUT2D eigenvalue weighted by atomic mass is 10.1. The molecular weight excluding hydrogens is 428 g/mol. The SMILES string of the molecule is COCCOCOc1ccc(/C=C/C(O)=CC(=O)/C=C/c2ccc(O)c(OC)c2)cc1OC. The van der Waals surface area contributed by atoms with Gasteiger partial charge in [0, 0.05) is 13.2 Å². The van der Waals surface area contributed by atoms with Crippen molar-refractivity contribution < 1.29 is 38.7 Å². The number of aliphatic hydroxyl groups excluding tert-OH is 1. The molecule has 0 spiro atoms. The van der Waals surface area contributed by atoms with Crippen LogP contribution in [0.25, 0.3) is 12.2 Å². The van der Waals surface area contributed by atoms with E-state index in [0.717, 1.165) is 11.6 Å². The summed E-state index contributed by atoms with van der Waals surface area (Å²) in [6.07, 6.45) is 6.99. The van der Waals surface area contributed by atoms with Crippen molar-refractivity contribution in [3.05, 3.63) is 71.5 Å². The maximum Gasteiger partial charge on any atom is 0.189 e. The van der Waals surface area contributed by atoms with E-state index in [1.807, 2.05) is 0 Å². The highest BCUT2D eigenvalue weighted by Crippen LogP contribution is 2.29. The van der Waals surface area contributed by atoms with Gasteiger partial charge in [0.2, 0.25) is 0 Å². The van der Waals surface area contributed by atoms with Crippen molar-refractivity contribution in [2.75, 3.05) is 41.3 Å². The molecule has 2 N–H and O–H groups in total. The van der Waals surface area contributed by atoms with E-state index in [2.05, 4.69) is 0 Å². The molecule has 0 saturated heterocycles. The lowest BCUT2D eigenvalue weighted by molar-refractivity contribution is -0.110. The number of methoxy groups -OCH3 is 3. The minimum Gasteiger partial charge on any atom is -0.508 e. The number of allylic oxidation sites excluding steroid dienone is 3. The number of phenolic OH excluding ortho intramolecular Hbond substituents is 1. The minimum atomic E-state index is -0.404. The molecule has 2 aromatic rings. The van der Waals surface area contributed by atoms with Gasteiger partial charge in [-0.3, -0.25) is 4.79 Å². The standard InChI is InChI=1S/C25H28O8/c1-29-12-13-32-17-33-23-11-7-19(15-25(23)31-3)5-9-21(27)16-20(26)8-4-18-6-10-22(28)24(14-18)30-2/h4-11,14-16,27-28H,12-13,17H2,1-3H3/b8-4+,9-5+,21-16?. The Morgan fingerprint density at radius 3 is 2.24 bits per heavy atom. The number of phenols is 1. The van der Waals surface area contributed by atoms with E-state index in [1.54, 1.807) is 49.6 Å². The third-order valence-electron chi connectivity index (χ3n) is 4.30. The third kappa shape index (κ3) is 8.72. The van der Waals surface area contributed by atoms with Gasteiger partial charge >= 0.3 is 0 Å². The molecule has 0 fully saturated rings. The summed E-state index contributed by atoms with van der Waals surface area (Å²) < 4.78 is 26.1. The molecule has 0 aliphatic rings. The Balaban J connectivity index is 1.97. The first kappa shape index (κ1) is 25.5. The monoisotopic (exact) mass is 456 g/mol. The molecule has 0 unspecified atom stereocenters. The van der Waals surface area contributed by atoms with Crippen molar-refractivity contribution in [3.63, 3.8) is 0 Å². The van der Waals surface area contributed by atoms with Crippen LogP contribution < -0.4 is 14.2 Å². The van der Waals surface area contributed by atoms with Crippen molar-refractivity contribution in [3.8, 4) is 23.0 Å². The van der Waals surface area contributed by atoms with Gasteiger partial charge in [0.1, 0.15) is 5.76 Å². The molecule has 8 nitrogen and oxygen atoms in total. The number of aromatic hydroxyl groups is 1. The Labute approximate surface area is 192 Å². The number of hydrogen-bond donors (Lipinski definition) is 2. The van der Waals surface area contributed by atoms with Crippen molar-refractivity contribution in [2.45, 2.75) is 0 Å². The number of ketones is 1. The summed E-state index contributed by atoms with van der Waals surface area (Å²) in [4.78, 5) is 12.1. The van der Waals surface area contributed by atoms with Crippen molar-refractivity contribution in [1.82, 2.24) is 0 Å². The van der Waals surface area contributed by atoms with Gasteiger partial charge < -0.3 is 33.9 Å². The number of hydrogen-bond acceptors (Lipinski definition) is 8. The van der Waals surface area contributed by atoms with E-state index < -0.39 is 5.78 Å². The lowest BCUT2D eigenvalue weighted by Gasteiger charge is -2.11. The second-order valence-electron chi connectivity index (χ2n) is 6.64. The van der Waals surface area contributed by atoms with E-state index in [0.29, 0.717) is 36.0 Å². The van der Waals surface area contributed by atoms with Crippen LogP contribution in [0.15, 0.2) is 60.4 Å². The summed E-state index contributed by atoms with van der Waals surface area (Å²) in [6, 6.07) is 9.93. The first-order valence-electron chi connectivity index (χ1n) is 10.0. The molecule has 0 radical (unpaired) electrons. The molecule has 0 aliphatic heterocycles. The Bertz CT molecular complexity index is 1010. The van der Waals surface area contributed by atoms with Crippen molar-refractivity contribution in [1.29, 1.82) is 0 Å². The average Bonchev–Trinajstić information content (AvgIpc) is 2.82. The van der Waals surface area contributed by atoms with Gasteiger partial charge in [0.05, 0.1) is 27.4 Å². The first-order chi connectivity index (χ1) is 16.0. The largest absolute Gasteiger partial charge is 0.508 e. The van der Waals surface area contributed by atoms with Crippen molar-refractivity contribution >= 4 is 17.9 Å². The molecule has 33 heavy (non-hydrogen) atoms. The van der Waals surface area contributed by atoms with E-state index in [9.17, 15) is 15.0 Å². The van der Waals surface area contributed by atoms with Gasteiger partial charge in [-0.1, -0.05) is 24.3 Å². The summed E-state index contributed by atoms with van der Waals surface area (Å²) in [5.74, 6) is 0.710. The second kappa shape index (κ2) is 13.6. The maximum absolute atomic E-state index is 12.1. The second-order valence-corrected chi connectivity index (χ2v) is 6.64. The topological polar surface area (TPSA) is 104 Å². The van der Waals surface area contributed by atoms with Crippen LogP contribution in [0, 0.1) is 0 Å². The normalized spacial score (nSPS) is 11.8. The molecule has 0 bridgehead atoms. The van der Waals surface area contributed by atoms with Crippen LogP contribution in [0.4, 0.5) is 0 Å². The van der Waals surface area contributed by atoms with Gasteiger partial charge in [-0.15, -0.1) is 0 Å². The summed E-state index contributed by atoms with van der Waals surface area (Å²) >= 11 is 0. The smallest absolute Gasteiger partial charge is 0.189 e. The Hall–Kier alpha value is -3.75. The van der Waals surface area contributed by atoms with Gasteiger partial charge in [0.25, 0.3) is 0 Å². The molecule has 0 heterocycles. The highest BCUT2D eigenvalue weighted by Gasteiger charge is 2.05. The highest BCUT2D eigenvalue weighted by molar-refractivity contribution is 6.02. The quantitative estimate of drug-likeness (QED) is 0.152. The van der Waals surface area contributed by atoms with Gasteiger partial charge in [-0.25, -0.2) is 0 Å². The number of carbonyl (C=O) groups excluding carboxylic acids is 1. The predicted octanol–water partition coefficient (Wildman–Crippen LogP) is 4.15. The molecule has 0 amide bonds. The molecule has 0 atom stereocenters. The van der Waals surface area contributed by atoms with E-state index >= 15 is 0 Å². The Morgan fingerprint density at radius 2 is 1.55 bits per heavy atom. The maximum atomic E-state index is 12.1. The fourth-order valence-corrected chi connectivity index (χ4v) is 2.61. The number of rotatable bonds is 13. The van der Waals surface area contributed by atoms with Crippen LogP contribution in [-0.4, -0.2) is 57.3 Å². The van der Waals surface area contributed by atoms with Crippen LogP contribution in [0.2, 0.25) is 0 Å². The molecular formula is C25H28O8. The number of carbonyl (C=O) groups is 1. The lowest BCUT2D eigenvalue weighted by Crippen LogP contribution is -2.08. The highest BCUT2D eigenvalue weighted by atomic mass is 16.7. The molecule has 2 aromatic carbocycles.